The Balaban J connectivity index is 2.03. The molecule has 0 aromatic heterocycles. The minimum absolute atomic E-state index is 0.400. The van der Waals surface area contributed by atoms with Crippen LogP contribution in [0.25, 0.3) is 0 Å². The summed E-state index contributed by atoms with van der Waals surface area (Å²) in [6.45, 7) is 0.400. The molecule has 4 nitrogen and oxygen atoms in total. The van der Waals surface area contributed by atoms with Crippen molar-refractivity contribution in [1.29, 1.82) is 0 Å². The average Bonchev–Trinajstić information content (AvgIpc) is 2.68. The molecule has 1 aromatic rings. The number of aliphatic imine (C=N–C) groups is 1. The van der Waals surface area contributed by atoms with Gasteiger partial charge in [0.05, 0.1) is 0 Å². The van der Waals surface area contributed by atoms with Crippen LogP contribution in [0, 0.1) is 0 Å². The molecular formula is C11H12N2O2. The molecule has 78 valence electrons. The molecule has 2 N–H and O–H groups in total. The molecule has 4 heteroatoms. The van der Waals surface area contributed by atoms with E-state index in [1.807, 2.05) is 30.3 Å². The highest BCUT2D eigenvalue weighted by Crippen LogP contribution is 2.05. The first-order valence-electron chi connectivity index (χ1n) is 4.83. The lowest BCUT2D eigenvalue weighted by Crippen LogP contribution is -2.26. The van der Waals surface area contributed by atoms with Gasteiger partial charge in [-0.25, -0.2) is 4.79 Å². The Kier molecular flexibility index (Phi) is 2.67. The largest absolute Gasteiger partial charge is 0.480 e. The molecule has 0 bridgehead atoms. The molecule has 0 radical (unpaired) electrons. The van der Waals surface area contributed by atoms with Gasteiger partial charge in [0.1, 0.15) is 5.84 Å². The first-order valence-corrected chi connectivity index (χ1v) is 4.83. The predicted octanol–water partition coefficient (Wildman–Crippen LogP) is 0.684. The fourth-order valence-corrected chi connectivity index (χ4v) is 1.53. The number of amidine groups is 1. The van der Waals surface area contributed by atoms with Gasteiger partial charge in [-0.1, -0.05) is 30.3 Å². The fourth-order valence-electron chi connectivity index (χ4n) is 1.53. The second-order valence-corrected chi connectivity index (χ2v) is 3.47. The van der Waals surface area contributed by atoms with Crippen LogP contribution >= 0.6 is 0 Å². The van der Waals surface area contributed by atoms with Crippen LogP contribution < -0.4 is 5.32 Å². The van der Waals surface area contributed by atoms with Gasteiger partial charge < -0.3 is 10.4 Å². The predicted molar refractivity (Wildman–Crippen MR) is 57.0 cm³/mol. The Morgan fingerprint density at radius 2 is 2.20 bits per heavy atom. The number of carboxylic acids is 1. The van der Waals surface area contributed by atoms with Gasteiger partial charge in [-0.3, -0.25) is 4.99 Å². The molecule has 2 rings (SSSR count). The van der Waals surface area contributed by atoms with Gasteiger partial charge in [0.25, 0.3) is 0 Å². The molecule has 0 saturated heterocycles. The van der Waals surface area contributed by atoms with E-state index in [1.54, 1.807) is 0 Å². The lowest BCUT2D eigenvalue weighted by Gasteiger charge is -2.00. The maximum atomic E-state index is 10.7. The maximum absolute atomic E-state index is 10.7. The summed E-state index contributed by atoms with van der Waals surface area (Å²) in [5.74, 6) is -0.112. The van der Waals surface area contributed by atoms with Gasteiger partial charge in [-0.05, 0) is 5.56 Å². The second kappa shape index (κ2) is 4.13. The van der Waals surface area contributed by atoms with E-state index >= 15 is 0 Å². The molecule has 15 heavy (non-hydrogen) atoms. The van der Waals surface area contributed by atoms with Gasteiger partial charge in [0.15, 0.2) is 6.04 Å². The third-order valence-electron chi connectivity index (χ3n) is 2.31. The summed E-state index contributed by atoms with van der Waals surface area (Å²) in [7, 11) is 0. The van der Waals surface area contributed by atoms with E-state index in [2.05, 4.69) is 10.3 Å². The normalized spacial score (nSPS) is 19.5. The van der Waals surface area contributed by atoms with Crippen LogP contribution in [-0.4, -0.2) is 29.5 Å². The highest BCUT2D eigenvalue weighted by molar-refractivity contribution is 5.90. The Hall–Kier alpha value is -1.84. The summed E-state index contributed by atoms with van der Waals surface area (Å²) in [6, 6.07) is 9.24. The molecular weight excluding hydrogens is 192 g/mol. The zero-order valence-electron chi connectivity index (χ0n) is 8.18. The topological polar surface area (TPSA) is 61.7 Å². The van der Waals surface area contributed by atoms with Crippen molar-refractivity contribution in [3.05, 3.63) is 35.9 Å². The summed E-state index contributed by atoms with van der Waals surface area (Å²) in [5, 5.41) is 11.8. The molecule has 1 aliphatic heterocycles. The van der Waals surface area contributed by atoms with Crippen LogP contribution in [0.3, 0.4) is 0 Å². The highest BCUT2D eigenvalue weighted by Gasteiger charge is 2.22. The molecule has 1 unspecified atom stereocenters. The standard InChI is InChI=1S/C11H12N2O2/c14-11(15)9-7-12-10(13-9)6-8-4-2-1-3-5-8/h1-5,9H,6-7H2,(H,12,13)(H,14,15). The SMILES string of the molecule is O=C(O)C1CNC(Cc2ccccc2)=N1. The van der Waals surface area contributed by atoms with Gasteiger partial charge >= 0.3 is 5.97 Å². The number of carboxylic acid groups (broad SMARTS) is 1. The quantitative estimate of drug-likeness (QED) is 0.761. The third kappa shape index (κ3) is 2.34. The highest BCUT2D eigenvalue weighted by atomic mass is 16.4. The number of hydrogen-bond donors (Lipinski definition) is 2. The monoisotopic (exact) mass is 204 g/mol. The van der Waals surface area contributed by atoms with E-state index in [4.69, 9.17) is 5.11 Å². The maximum Gasteiger partial charge on any atom is 0.330 e. The van der Waals surface area contributed by atoms with Crippen molar-refractivity contribution in [2.24, 2.45) is 4.99 Å². The second-order valence-electron chi connectivity index (χ2n) is 3.47. The summed E-state index contributed by atoms with van der Waals surface area (Å²) in [4.78, 5) is 14.7. The van der Waals surface area contributed by atoms with Crippen molar-refractivity contribution < 1.29 is 9.90 Å². The first-order chi connectivity index (χ1) is 7.25. The van der Waals surface area contributed by atoms with Gasteiger partial charge in [-0.15, -0.1) is 0 Å². The van der Waals surface area contributed by atoms with Crippen molar-refractivity contribution in [1.82, 2.24) is 5.32 Å². The van der Waals surface area contributed by atoms with E-state index in [0.717, 1.165) is 11.4 Å². The molecule has 0 aliphatic carbocycles. The summed E-state index contributed by atoms with van der Waals surface area (Å²) >= 11 is 0. The molecule has 1 aromatic carbocycles. The van der Waals surface area contributed by atoms with Crippen LogP contribution in [0.15, 0.2) is 35.3 Å². The third-order valence-corrected chi connectivity index (χ3v) is 2.31. The fraction of sp³-hybridized carbons (Fsp3) is 0.273. The van der Waals surface area contributed by atoms with Gasteiger partial charge in [0.2, 0.25) is 0 Å². The van der Waals surface area contributed by atoms with E-state index < -0.39 is 12.0 Å². The van der Waals surface area contributed by atoms with Crippen LogP contribution in [0.5, 0.6) is 0 Å². The van der Waals surface area contributed by atoms with E-state index in [-0.39, 0.29) is 0 Å². The zero-order chi connectivity index (χ0) is 10.7. The molecule has 0 fully saturated rings. The number of benzene rings is 1. The molecule has 1 aliphatic rings. The summed E-state index contributed by atoms with van der Waals surface area (Å²) < 4.78 is 0. The molecule has 0 amide bonds. The lowest BCUT2D eigenvalue weighted by molar-refractivity contribution is -0.138. The molecule has 0 spiro atoms. The summed E-state index contributed by atoms with van der Waals surface area (Å²) in [5.41, 5.74) is 1.13. The number of rotatable bonds is 3. The number of aliphatic carboxylic acids is 1. The van der Waals surface area contributed by atoms with Crippen molar-refractivity contribution in [2.75, 3.05) is 6.54 Å². The van der Waals surface area contributed by atoms with E-state index in [1.165, 1.54) is 0 Å². The Labute approximate surface area is 87.7 Å². The molecule has 1 atom stereocenters. The molecule has 1 heterocycles. The number of carbonyl (C=O) groups is 1. The van der Waals surface area contributed by atoms with Crippen molar-refractivity contribution in [3.8, 4) is 0 Å². The van der Waals surface area contributed by atoms with Crippen LogP contribution in [0.4, 0.5) is 0 Å². The lowest BCUT2D eigenvalue weighted by atomic mass is 10.1. The first kappa shape index (κ1) is 9.71. The van der Waals surface area contributed by atoms with Gasteiger partial charge in [0, 0.05) is 13.0 Å². The Morgan fingerprint density at radius 1 is 1.47 bits per heavy atom. The number of nitrogens with zero attached hydrogens (tertiary/aromatic N) is 1. The van der Waals surface area contributed by atoms with Crippen molar-refractivity contribution in [2.45, 2.75) is 12.5 Å². The van der Waals surface area contributed by atoms with Crippen LogP contribution in [0.2, 0.25) is 0 Å². The smallest absolute Gasteiger partial charge is 0.330 e. The minimum atomic E-state index is -0.870. The zero-order valence-corrected chi connectivity index (χ0v) is 8.18. The van der Waals surface area contributed by atoms with Crippen molar-refractivity contribution >= 4 is 11.8 Å². The Morgan fingerprint density at radius 3 is 2.80 bits per heavy atom. The van der Waals surface area contributed by atoms with E-state index in [0.29, 0.717) is 13.0 Å². The van der Waals surface area contributed by atoms with E-state index in [9.17, 15) is 4.79 Å². The van der Waals surface area contributed by atoms with Crippen LogP contribution in [-0.2, 0) is 11.2 Å². The Bertz CT molecular complexity index is 387. The van der Waals surface area contributed by atoms with Gasteiger partial charge in [-0.2, -0.15) is 0 Å². The van der Waals surface area contributed by atoms with Crippen LogP contribution in [0.1, 0.15) is 5.56 Å². The number of hydrogen-bond acceptors (Lipinski definition) is 3. The van der Waals surface area contributed by atoms with Crippen molar-refractivity contribution in [3.63, 3.8) is 0 Å². The molecule has 0 saturated carbocycles. The minimum Gasteiger partial charge on any atom is -0.480 e. The average molecular weight is 204 g/mol. The summed E-state index contributed by atoms with van der Waals surface area (Å²) in [6.07, 6.45) is 0.671. The number of nitrogens with one attached hydrogen (secondary N) is 1.